The molecule has 0 saturated carbocycles. The molecule has 0 aliphatic heterocycles. The highest BCUT2D eigenvalue weighted by Gasteiger charge is 2.01. The number of hydrogen-bond donors (Lipinski definition) is 3. The van der Waals surface area contributed by atoms with Gasteiger partial charge in [0, 0.05) is 26.3 Å². The van der Waals surface area contributed by atoms with Gasteiger partial charge in [0.2, 0.25) is 0 Å². The molecule has 0 radical (unpaired) electrons. The van der Waals surface area contributed by atoms with Crippen molar-refractivity contribution >= 4 is 18.8 Å². The minimum absolute atomic E-state index is 0.192. The number of urea groups is 1. The zero-order valence-electron chi connectivity index (χ0n) is 9.76. The molecule has 0 aromatic carbocycles. The summed E-state index contributed by atoms with van der Waals surface area (Å²) in [7, 11) is 1.59. The Hall–Kier alpha value is -1.34. The Bertz CT molecular complexity index is 333. The monoisotopic (exact) mass is 255 g/mol. The second kappa shape index (κ2) is 7.86. The molecule has 0 fully saturated rings. The lowest BCUT2D eigenvalue weighted by Gasteiger charge is -2.10. The molecular formula is C10H17N5OS. The molecule has 1 heterocycles. The van der Waals surface area contributed by atoms with Gasteiger partial charge in [0.25, 0.3) is 0 Å². The van der Waals surface area contributed by atoms with Gasteiger partial charge in [-0.15, -0.1) is 0 Å². The van der Waals surface area contributed by atoms with Crippen LogP contribution in [0.2, 0.25) is 0 Å². The lowest BCUT2D eigenvalue weighted by atomic mass is 10.3. The summed E-state index contributed by atoms with van der Waals surface area (Å²) < 4.78 is 1.22. The normalized spacial score (nSPS) is 10.0. The molecule has 6 nitrogen and oxygen atoms in total. The van der Waals surface area contributed by atoms with Crippen LogP contribution in [0.15, 0.2) is 18.3 Å². The average Bonchev–Trinajstić information content (AvgIpc) is 2.34. The molecule has 94 valence electrons. The summed E-state index contributed by atoms with van der Waals surface area (Å²) in [6.07, 6.45) is 2.50. The van der Waals surface area contributed by atoms with Crippen molar-refractivity contribution in [1.82, 2.24) is 25.1 Å². The first-order valence-electron chi connectivity index (χ1n) is 5.38. The molecule has 2 amide bonds. The number of nitrogens with zero attached hydrogens (tertiary/aromatic N) is 3. The number of carbonyl (C=O) groups is 1. The summed E-state index contributed by atoms with van der Waals surface area (Å²) in [6.45, 7) is 2.12. The fraction of sp³-hybridized carbons (Fsp3) is 0.500. The molecule has 2 N–H and O–H groups in total. The van der Waals surface area contributed by atoms with E-state index in [1.165, 1.54) is 4.31 Å². The van der Waals surface area contributed by atoms with Crippen LogP contribution in [0.4, 0.5) is 4.79 Å². The Morgan fingerprint density at radius 1 is 1.53 bits per heavy atom. The van der Waals surface area contributed by atoms with Crippen LogP contribution in [0.25, 0.3) is 0 Å². The first kappa shape index (κ1) is 13.7. The number of thiol groups is 1. The van der Waals surface area contributed by atoms with Gasteiger partial charge >= 0.3 is 6.03 Å². The number of aromatic nitrogens is 2. The smallest absolute Gasteiger partial charge is 0.326 e. The Morgan fingerprint density at radius 2 is 2.35 bits per heavy atom. The molecule has 0 saturated heterocycles. The molecule has 0 unspecified atom stereocenters. The van der Waals surface area contributed by atoms with Crippen molar-refractivity contribution in [2.24, 2.45) is 0 Å². The van der Waals surface area contributed by atoms with Crippen molar-refractivity contribution in [3.05, 3.63) is 24.0 Å². The largest absolute Gasteiger partial charge is 0.337 e. The zero-order valence-corrected chi connectivity index (χ0v) is 10.7. The van der Waals surface area contributed by atoms with Gasteiger partial charge in [-0.1, -0.05) is 12.8 Å². The molecule has 0 atom stereocenters. The van der Waals surface area contributed by atoms with Crippen molar-refractivity contribution in [1.29, 1.82) is 0 Å². The molecule has 1 rings (SSSR count). The van der Waals surface area contributed by atoms with Crippen LogP contribution in [0.1, 0.15) is 12.1 Å². The van der Waals surface area contributed by atoms with Crippen LogP contribution < -0.4 is 10.6 Å². The van der Waals surface area contributed by atoms with Gasteiger partial charge in [-0.2, -0.15) is 10.2 Å². The third kappa shape index (κ3) is 6.08. The molecular weight excluding hydrogens is 238 g/mol. The number of amides is 2. The van der Waals surface area contributed by atoms with E-state index in [1.807, 2.05) is 12.1 Å². The number of nitrogens with one attached hydrogen (secondary N) is 2. The summed E-state index contributed by atoms with van der Waals surface area (Å²) in [4.78, 5) is 11.1. The molecule has 0 spiro atoms. The van der Waals surface area contributed by atoms with Gasteiger partial charge < -0.3 is 10.6 Å². The summed E-state index contributed by atoms with van der Waals surface area (Å²) in [5.41, 5.74) is 0.909. The Morgan fingerprint density at radius 3 is 3.00 bits per heavy atom. The fourth-order valence-electron chi connectivity index (χ4n) is 1.17. The SMILES string of the molecule is CN(S)C(=O)NCCCNCc1cccnn1. The van der Waals surface area contributed by atoms with Crippen LogP contribution in [-0.2, 0) is 6.54 Å². The van der Waals surface area contributed by atoms with E-state index in [0.717, 1.165) is 18.7 Å². The van der Waals surface area contributed by atoms with Gasteiger partial charge in [0.05, 0.1) is 5.69 Å². The Balaban J connectivity index is 2.00. The second-order valence-electron chi connectivity index (χ2n) is 3.50. The molecule has 7 heteroatoms. The van der Waals surface area contributed by atoms with E-state index in [-0.39, 0.29) is 6.03 Å². The van der Waals surface area contributed by atoms with Gasteiger partial charge in [0.15, 0.2) is 0 Å². The van der Waals surface area contributed by atoms with Crippen molar-refractivity contribution in [3.8, 4) is 0 Å². The molecule has 17 heavy (non-hydrogen) atoms. The topological polar surface area (TPSA) is 70.2 Å². The van der Waals surface area contributed by atoms with Crippen LogP contribution in [0, 0.1) is 0 Å². The van der Waals surface area contributed by atoms with Crippen LogP contribution >= 0.6 is 12.8 Å². The number of rotatable bonds is 6. The predicted octanol–water partition coefficient (Wildman–Crippen LogP) is 0.442. The second-order valence-corrected chi connectivity index (χ2v) is 4.10. The standard InChI is InChI=1S/C10H17N5OS/c1-15(17)10(16)12-6-3-5-11-8-9-4-2-7-13-14-9/h2,4,7,11,17H,3,5-6,8H2,1H3,(H,12,16). The van der Waals surface area contributed by atoms with Gasteiger partial charge in [-0.3, -0.25) is 4.31 Å². The average molecular weight is 255 g/mol. The van der Waals surface area contributed by atoms with E-state index in [2.05, 4.69) is 33.6 Å². The molecule has 0 aliphatic rings. The van der Waals surface area contributed by atoms with Crippen LogP contribution in [0.5, 0.6) is 0 Å². The molecule has 1 aromatic rings. The summed E-state index contributed by atoms with van der Waals surface area (Å²) in [6, 6.07) is 3.58. The van der Waals surface area contributed by atoms with Gasteiger partial charge in [0.1, 0.15) is 0 Å². The van der Waals surface area contributed by atoms with Crippen molar-refractivity contribution in [2.45, 2.75) is 13.0 Å². The number of hydrogen-bond acceptors (Lipinski definition) is 5. The summed E-state index contributed by atoms with van der Waals surface area (Å²) in [5, 5.41) is 13.7. The Kier molecular flexibility index (Phi) is 6.34. The summed E-state index contributed by atoms with van der Waals surface area (Å²) >= 11 is 3.87. The highest BCUT2D eigenvalue weighted by atomic mass is 32.1. The molecule has 1 aromatic heterocycles. The maximum Gasteiger partial charge on any atom is 0.326 e. The molecule has 0 bridgehead atoms. The highest BCUT2D eigenvalue weighted by molar-refractivity contribution is 7.78. The maximum absolute atomic E-state index is 11.1. The predicted molar refractivity (Wildman–Crippen MR) is 68.5 cm³/mol. The quantitative estimate of drug-likeness (QED) is 0.510. The lowest BCUT2D eigenvalue weighted by molar-refractivity contribution is 0.231. The number of carbonyl (C=O) groups excluding carboxylic acids is 1. The van der Waals surface area contributed by atoms with Crippen LogP contribution in [0.3, 0.4) is 0 Å². The van der Waals surface area contributed by atoms with E-state index in [4.69, 9.17) is 0 Å². The first-order valence-corrected chi connectivity index (χ1v) is 5.78. The van der Waals surface area contributed by atoms with Crippen molar-refractivity contribution < 1.29 is 4.79 Å². The Labute approximate surface area is 106 Å². The van der Waals surface area contributed by atoms with Gasteiger partial charge in [-0.05, 0) is 25.1 Å². The lowest BCUT2D eigenvalue weighted by Crippen LogP contribution is -2.33. The van der Waals surface area contributed by atoms with E-state index in [9.17, 15) is 4.79 Å². The minimum Gasteiger partial charge on any atom is -0.337 e. The van der Waals surface area contributed by atoms with Crippen molar-refractivity contribution in [2.75, 3.05) is 20.1 Å². The van der Waals surface area contributed by atoms with E-state index in [0.29, 0.717) is 13.1 Å². The van der Waals surface area contributed by atoms with Crippen LogP contribution in [-0.4, -0.2) is 40.7 Å². The minimum atomic E-state index is -0.192. The van der Waals surface area contributed by atoms with E-state index < -0.39 is 0 Å². The highest BCUT2D eigenvalue weighted by Crippen LogP contribution is 1.90. The fourth-order valence-corrected chi connectivity index (χ4v) is 1.24. The molecule has 0 aliphatic carbocycles. The van der Waals surface area contributed by atoms with Gasteiger partial charge in [-0.25, -0.2) is 4.79 Å². The maximum atomic E-state index is 11.1. The summed E-state index contributed by atoms with van der Waals surface area (Å²) in [5.74, 6) is 0. The first-order chi connectivity index (χ1) is 8.20. The van der Waals surface area contributed by atoms with E-state index in [1.54, 1.807) is 13.2 Å². The third-order valence-electron chi connectivity index (χ3n) is 2.03. The van der Waals surface area contributed by atoms with E-state index >= 15 is 0 Å². The third-order valence-corrected chi connectivity index (χ3v) is 2.22. The van der Waals surface area contributed by atoms with Crippen molar-refractivity contribution in [3.63, 3.8) is 0 Å². The zero-order chi connectivity index (χ0) is 12.5.